The largest absolute Gasteiger partial charge is 0.508 e. The molecule has 0 aromatic heterocycles. The van der Waals surface area contributed by atoms with Gasteiger partial charge in [-0.05, 0) is 36.4 Å². The van der Waals surface area contributed by atoms with E-state index in [1.54, 1.807) is 84.9 Å². The van der Waals surface area contributed by atoms with E-state index in [0.29, 0.717) is 22.3 Å². The third-order valence-electron chi connectivity index (χ3n) is 5.52. The lowest BCUT2D eigenvalue weighted by molar-refractivity contribution is 0.0880. The van der Waals surface area contributed by atoms with Crippen molar-refractivity contribution in [3.8, 4) is 11.5 Å². The summed E-state index contributed by atoms with van der Waals surface area (Å²) in [6.07, 6.45) is 0. The number of benzene rings is 4. The summed E-state index contributed by atoms with van der Waals surface area (Å²) in [6, 6.07) is 28.7. The maximum Gasteiger partial charge on any atom is 0.251 e. The smallest absolute Gasteiger partial charge is 0.251 e. The van der Waals surface area contributed by atoms with E-state index in [4.69, 9.17) is 0 Å². The molecule has 0 fully saturated rings. The molecule has 0 aliphatic heterocycles. The van der Waals surface area contributed by atoms with Gasteiger partial charge < -0.3 is 20.8 Å². The molecule has 34 heavy (non-hydrogen) atoms. The van der Waals surface area contributed by atoms with E-state index in [1.807, 2.05) is 12.1 Å². The molecular formula is C28H24N2O4. The molecule has 170 valence electrons. The molecule has 4 rings (SSSR count). The maximum atomic E-state index is 13.1. The van der Waals surface area contributed by atoms with Gasteiger partial charge in [-0.15, -0.1) is 0 Å². The molecule has 4 aromatic carbocycles. The number of para-hydroxylation sites is 2. The lowest BCUT2D eigenvalue weighted by Gasteiger charge is -2.30. The Morgan fingerprint density at radius 1 is 0.500 bits per heavy atom. The summed E-state index contributed by atoms with van der Waals surface area (Å²) in [6.45, 7) is 0. The highest BCUT2D eigenvalue weighted by molar-refractivity contribution is 5.96. The Balaban J connectivity index is 1.80. The van der Waals surface area contributed by atoms with Crippen molar-refractivity contribution in [1.82, 2.24) is 10.6 Å². The first kappa shape index (κ1) is 22.6. The quantitative estimate of drug-likeness (QED) is 0.326. The van der Waals surface area contributed by atoms with Crippen LogP contribution in [0, 0.1) is 0 Å². The first-order chi connectivity index (χ1) is 16.5. The Labute approximate surface area is 197 Å². The Morgan fingerprint density at radius 3 is 1.18 bits per heavy atom. The number of hydrogen-bond acceptors (Lipinski definition) is 4. The fourth-order valence-electron chi connectivity index (χ4n) is 3.81. The molecular weight excluding hydrogens is 428 g/mol. The predicted molar refractivity (Wildman–Crippen MR) is 130 cm³/mol. The molecule has 0 aliphatic carbocycles. The van der Waals surface area contributed by atoms with Crippen LogP contribution in [0.3, 0.4) is 0 Å². The van der Waals surface area contributed by atoms with Gasteiger partial charge in [-0.1, -0.05) is 72.8 Å². The average molecular weight is 453 g/mol. The highest BCUT2D eigenvalue weighted by atomic mass is 16.3. The molecule has 2 unspecified atom stereocenters. The molecule has 6 nitrogen and oxygen atoms in total. The normalized spacial score (nSPS) is 12.4. The van der Waals surface area contributed by atoms with E-state index in [0.717, 1.165) is 0 Å². The number of carbonyl (C=O) groups is 2. The van der Waals surface area contributed by atoms with E-state index < -0.39 is 12.1 Å². The van der Waals surface area contributed by atoms with Crippen molar-refractivity contribution in [2.45, 2.75) is 12.1 Å². The van der Waals surface area contributed by atoms with Crippen molar-refractivity contribution in [3.63, 3.8) is 0 Å². The Morgan fingerprint density at radius 2 is 0.824 bits per heavy atom. The first-order valence-corrected chi connectivity index (χ1v) is 10.8. The van der Waals surface area contributed by atoms with E-state index in [9.17, 15) is 19.8 Å². The molecule has 0 radical (unpaired) electrons. The molecule has 4 aromatic rings. The van der Waals surface area contributed by atoms with Crippen LogP contribution in [-0.4, -0.2) is 22.0 Å². The number of amides is 2. The molecule has 6 heteroatoms. The Kier molecular flexibility index (Phi) is 6.89. The second-order valence-corrected chi connectivity index (χ2v) is 7.75. The van der Waals surface area contributed by atoms with Crippen LogP contribution in [0.25, 0.3) is 0 Å². The summed E-state index contributed by atoms with van der Waals surface area (Å²) >= 11 is 0. The van der Waals surface area contributed by atoms with E-state index in [-0.39, 0.29) is 23.3 Å². The average Bonchev–Trinajstić information content (AvgIpc) is 2.88. The topological polar surface area (TPSA) is 98.7 Å². The van der Waals surface area contributed by atoms with Crippen LogP contribution in [-0.2, 0) is 0 Å². The van der Waals surface area contributed by atoms with Gasteiger partial charge in [-0.3, -0.25) is 9.59 Å². The van der Waals surface area contributed by atoms with Crippen molar-refractivity contribution < 1.29 is 19.8 Å². The van der Waals surface area contributed by atoms with Gasteiger partial charge in [-0.25, -0.2) is 0 Å². The zero-order chi connectivity index (χ0) is 23.9. The number of hydrogen-bond donors (Lipinski definition) is 4. The molecule has 0 heterocycles. The van der Waals surface area contributed by atoms with Crippen LogP contribution in [0.1, 0.15) is 43.9 Å². The number of phenols is 2. The zero-order valence-electron chi connectivity index (χ0n) is 18.3. The second kappa shape index (κ2) is 10.4. The van der Waals surface area contributed by atoms with Gasteiger partial charge in [0.1, 0.15) is 11.5 Å². The summed E-state index contributed by atoms with van der Waals surface area (Å²) in [4.78, 5) is 26.3. The SMILES string of the molecule is O=C(NC(c1ccccc1O)C(NC(=O)c1ccccc1)c1ccccc1O)c1ccccc1. The summed E-state index contributed by atoms with van der Waals surface area (Å²) in [7, 11) is 0. The van der Waals surface area contributed by atoms with Crippen LogP contribution in [0.4, 0.5) is 0 Å². The molecule has 0 saturated heterocycles. The zero-order valence-corrected chi connectivity index (χ0v) is 18.3. The van der Waals surface area contributed by atoms with Crippen molar-refractivity contribution in [1.29, 1.82) is 0 Å². The summed E-state index contributed by atoms with van der Waals surface area (Å²) in [5, 5.41) is 27.2. The third-order valence-corrected chi connectivity index (χ3v) is 5.52. The van der Waals surface area contributed by atoms with Crippen molar-refractivity contribution in [2.75, 3.05) is 0 Å². The van der Waals surface area contributed by atoms with Crippen LogP contribution < -0.4 is 10.6 Å². The third kappa shape index (κ3) is 5.07. The van der Waals surface area contributed by atoms with Gasteiger partial charge in [0.2, 0.25) is 0 Å². The van der Waals surface area contributed by atoms with E-state index in [2.05, 4.69) is 10.6 Å². The van der Waals surface area contributed by atoms with E-state index >= 15 is 0 Å². The summed E-state index contributed by atoms with van der Waals surface area (Å²) < 4.78 is 0. The minimum Gasteiger partial charge on any atom is -0.508 e. The standard InChI is InChI=1S/C28H24N2O4/c31-23-17-9-7-15-21(23)25(29-27(33)19-11-3-1-4-12-19)26(22-16-8-10-18-24(22)32)30-28(34)20-13-5-2-6-14-20/h1-18,25-26,31-32H,(H,29,33)(H,30,34). The first-order valence-electron chi connectivity index (χ1n) is 10.8. The Hall–Kier alpha value is -4.58. The predicted octanol–water partition coefficient (Wildman–Crippen LogP) is 4.74. The molecule has 2 amide bonds. The van der Waals surface area contributed by atoms with Crippen LogP contribution in [0.5, 0.6) is 11.5 Å². The van der Waals surface area contributed by atoms with Crippen LogP contribution >= 0.6 is 0 Å². The second-order valence-electron chi connectivity index (χ2n) is 7.75. The van der Waals surface area contributed by atoms with Gasteiger partial charge >= 0.3 is 0 Å². The van der Waals surface area contributed by atoms with Crippen molar-refractivity contribution in [3.05, 3.63) is 131 Å². The van der Waals surface area contributed by atoms with E-state index in [1.165, 1.54) is 12.1 Å². The highest BCUT2D eigenvalue weighted by Gasteiger charge is 2.32. The molecule has 0 bridgehead atoms. The summed E-state index contributed by atoms with van der Waals surface area (Å²) in [5.74, 6) is -0.864. The van der Waals surface area contributed by atoms with Gasteiger partial charge in [0.05, 0.1) is 12.1 Å². The fourth-order valence-corrected chi connectivity index (χ4v) is 3.81. The maximum absolute atomic E-state index is 13.1. The van der Waals surface area contributed by atoms with Crippen LogP contribution in [0.2, 0.25) is 0 Å². The van der Waals surface area contributed by atoms with Crippen molar-refractivity contribution in [2.24, 2.45) is 0 Å². The van der Waals surface area contributed by atoms with Gasteiger partial charge in [0.15, 0.2) is 0 Å². The van der Waals surface area contributed by atoms with Crippen molar-refractivity contribution >= 4 is 11.8 Å². The lowest BCUT2D eigenvalue weighted by Crippen LogP contribution is -2.41. The number of aromatic hydroxyl groups is 2. The minimum absolute atomic E-state index is 0.0461. The highest BCUT2D eigenvalue weighted by Crippen LogP contribution is 2.37. The lowest BCUT2D eigenvalue weighted by atomic mass is 9.91. The number of nitrogens with one attached hydrogen (secondary N) is 2. The van der Waals surface area contributed by atoms with Gasteiger partial charge in [-0.2, -0.15) is 0 Å². The van der Waals surface area contributed by atoms with Gasteiger partial charge in [0, 0.05) is 22.3 Å². The molecule has 4 N–H and O–H groups in total. The Bertz CT molecular complexity index is 1170. The fraction of sp³-hybridized carbons (Fsp3) is 0.0714. The molecule has 0 aliphatic rings. The molecule has 2 atom stereocenters. The number of rotatable bonds is 7. The van der Waals surface area contributed by atoms with Crippen LogP contribution in [0.15, 0.2) is 109 Å². The summed E-state index contributed by atoms with van der Waals surface area (Å²) in [5.41, 5.74) is 1.64. The van der Waals surface area contributed by atoms with Gasteiger partial charge in [0.25, 0.3) is 11.8 Å². The number of phenolic OH excluding ortho intramolecular Hbond substituents is 2. The minimum atomic E-state index is -0.894. The number of carbonyl (C=O) groups excluding carboxylic acids is 2. The molecule has 0 spiro atoms. The molecule has 0 saturated carbocycles. The monoisotopic (exact) mass is 452 g/mol.